The lowest BCUT2D eigenvalue weighted by Gasteiger charge is -2.20. The van der Waals surface area contributed by atoms with Crippen LogP contribution in [-0.4, -0.2) is 44.5 Å². The molecular formula is C24H33N3O3S. The lowest BCUT2D eigenvalue weighted by molar-refractivity contribution is 0.289. The molecule has 2 heterocycles. The molecule has 2 aliphatic heterocycles. The third-order valence-electron chi connectivity index (χ3n) is 6.43. The minimum Gasteiger partial charge on any atom is -0.494 e. The zero-order valence-electron chi connectivity index (χ0n) is 18.3. The predicted octanol–water partition coefficient (Wildman–Crippen LogP) is 3.52. The number of ether oxygens (including phenoxy) is 1. The number of nitrogens with zero attached hydrogens (tertiary/aromatic N) is 1. The average molecular weight is 444 g/mol. The monoisotopic (exact) mass is 443 g/mol. The maximum Gasteiger partial charge on any atom is 0.243 e. The van der Waals surface area contributed by atoms with Gasteiger partial charge in [-0.2, -0.15) is 4.31 Å². The molecule has 0 radical (unpaired) electrons. The Bertz CT molecular complexity index is 948. The maximum atomic E-state index is 12.9. The van der Waals surface area contributed by atoms with Crippen LogP contribution in [0.4, 0.5) is 0 Å². The number of rotatable bonds is 8. The summed E-state index contributed by atoms with van der Waals surface area (Å²) < 4.78 is 33.3. The summed E-state index contributed by atoms with van der Waals surface area (Å²) in [7, 11) is -3.40. The summed E-state index contributed by atoms with van der Waals surface area (Å²) in [6, 6.07) is 17.7. The number of hydrogen-bond acceptors (Lipinski definition) is 5. The van der Waals surface area contributed by atoms with E-state index < -0.39 is 10.0 Å². The molecule has 2 aromatic carbocycles. The van der Waals surface area contributed by atoms with Gasteiger partial charge in [-0.1, -0.05) is 44.2 Å². The second-order valence-electron chi connectivity index (χ2n) is 8.91. The van der Waals surface area contributed by atoms with E-state index in [2.05, 4.69) is 36.8 Å². The minimum atomic E-state index is -3.40. The molecule has 0 saturated carbocycles. The van der Waals surface area contributed by atoms with Crippen LogP contribution >= 0.6 is 0 Å². The number of hydrogen-bond donors (Lipinski definition) is 2. The summed E-state index contributed by atoms with van der Waals surface area (Å²) in [4.78, 5) is 0.379. The fourth-order valence-corrected chi connectivity index (χ4v) is 5.99. The van der Waals surface area contributed by atoms with E-state index in [0.717, 1.165) is 25.0 Å². The SMILES string of the molecule is CC(C)c1ccc(OCCC2CC(C3CCN(S(=O)(=O)c4ccccc4)C3)NN2)cc1. The Morgan fingerprint density at radius 3 is 2.52 bits per heavy atom. The van der Waals surface area contributed by atoms with E-state index in [1.54, 1.807) is 28.6 Å². The van der Waals surface area contributed by atoms with Gasteiger partial charge in [0, 0.05) is 25.2 Å². The first-order valence-corrected chi connectivity index (χ1v) is 12.7. The smallest absolute Gasteiger partial charge is 0.243 e. The van der Waals surface area contributed by atoms with Crippen LogP contribution in [0.2, 0.25) is 0 Å². The van der Waals surface area contributed by atoms with Crippen LogP contribution < -0.4 is 15.6 Å². The van der Waals surface area contributed by atoms with Crippen LogP contribution in [0.15, 0.2) is 59.5 Å². The maximum absolute atomic E-state index is 12.9. The molecule has 0 amide bonds. The Hall–Kier alpha value is -1.93. The van der Waals surface area contributed by atoms with Crippen LogP contribution in [0.3, 0.4) is 0 Å². The summed E-state index contributed by atoms with van der Waals surface area (Å²) in [6.07, 6.45) is 2.78. The molecule has 2 fully saturated rings. The van der Waals surface area contributed by atoms with Crippen LogP contribution in [0.5, 0.6) is 5.75 Å². The molecule has 2 aromatic rings. The topological polar surface area (TPSA) is 70.7 Å². The van der Waals surface area contributed by atoms with E-state index in [9.17, 15) is 8.42 Å². The van der Waals surface area contributed by atoms with Gasteiger partial charge in [-0.05, 0) is 60.9 Å². The highest BCUT2D eigenvalue weighted by Crippen LogP contribution is 2.29. The molecule has 0 spiro atoms. The molecule has 2 saturated heterocycles. The van der Waals surface area contributed by atoms with Gasteiger partial charge in [0.2, 0.25) is 10.0 Å². The van der Waals surface area contributed by atoms with Gasteiger partial charge in [0.1, 0.15) is 5.75 Å². The zero-order valence-corrected chi connectivity index (χ0v) is 19.1. The van der Waals surface area contributed by atoms with E-state index in [1.807, 2.05) is 18.2 Å². The van der Waals surface area contributed by atoms with Gasteiger partial charge >= 0.3 is 0 Å². The Kier molecular flexibility index (Phi) is 6.96. The molecule has 31 heavy (non-hydrogen) atoms. The first-order chi connectivity index (χ1) is 14.9. The highest BCUT2D eigenvalue weighted by atomic mass is 32.2. The predicted molar refractivity (Wildman–Crippen MR) is 122 cm³/mol. The van der Waals surface area contributed by atoms with Crippen LogP contribution in [0.25, 0.3) is 0 Å². The minimum absolute atomic E-state index is 0.284. The van der Waals surface area contributed by atoms with E-state index in [-0.39, 0.29) is 6.04 Å². The summed E-state index contributed by atoms with van der Waals surface area (Å²) in [6.45, 7) is 6.19. The molecular weight excluding hydrogens is 410 g/mol. The number of sulfonamides is 1. The Labute approximate surface area is 186 Å². The summed E-state index contributed by atoms with van der Waals surface area (Å²) >= 11 is 0. The lowest BCUT2D eigenvalue weighted by atomic mass is 9.94. The first-order valence-electron chi connectivity index (χ1n) is 11.2. The standard InChI is InChI=1S/C24H33N3O3S/c1-18(2)19-8-10-22(11-9-19)30-15-13-21-16-24(26-25-21)20-12-14-27(17-20)31(28,29)23-6-4-3-5-7-23/h3-11,18,20-21,24-26H,12-17H2,1-2H3. The van der Waals surface area contributed by atoms with Crippen molar-refractivity contribution in [3.8, 4) is 5.75 Å². The average Bonchev–Trinajstić information content (AvgIpc) is 3.45. The van der Waals surface area contributed by atoms with Crippen LogP contribution in [0.1, 0.15) is 44.6 Å². The van der Waals surface area contributed by atoms with Gasteiger partial charge in [0.15, 0.2) is 0 Å². The van der Waals surface area contributed by atoms with Crippen LogP contribution in [0, 0.1) is 5.92 Å². The Morgan fingerprint density at radius 2 is 1.81 bits per heavy atom. The van der Waals surface area contributed by atoms with Crippen molar-refractivity contribution in [2.24, 2.45) is 5.92 Å². The van der Waals surface area contributed by atoms with Crippen molar-refractivity contribution < 1.29 is 13.2 Å². The molecule has 7 heteroatoms. The fourth-order valence-electron chi connectivity index (χ4n) is 4.46. The molecule has 3 atom stereocenters. The van der Waals surface area contributed by atoms with Crippen molar-refractivity contribution in [3.63, 3.8) is 0 Å². The molecule has 0 bridgehead atoms. The molecule has 4 rings (SSSR count). The van der Waals surface area contributed by atoms with E-state index in [4.69, 9.17) is 4.74 Å². The second kappa shape index (κ2) is 9.69. The van der Waals surface area contributed by atoms with Gasteiger partial charge < -0.3 is 4.74 Å². The summed E-state index contributed by atoms with van der Waals surface area (Å²) in [5.74, 6) is 1.75. The molecule has 2 N–H and O–H groups in total. The largest absolute Gasteiger partial charge is 0.494 e. The second-order valence-corrected chi connectivity index (χ2v) is 10.9. The van der Waals surface area contributed by atoms with Gasteiger partial charge in [-0.15, -0.1) is 0 Å². The fraction of sp³-hybridized carbons (Fsp3) is 0.500. The van der Waals surface area contributed by atoms with E-state index >= 15 is 0 Å². The van der Waals surface area contributed by atoms with Gasteiger partial charge in [0.05, 0.1) is 11.5 Å². The number of nitrogens with one attached hydrogen (secondary N) is 2. The molecule has 168 valence electrons. The summed E-state index contributed by atoms with van der Waals surface area (Å²) in [5.41, 5.74) is 8.10. The zero-order chi connectivity index (χ0) is 21.8. The van der Waals surface area contributed by atoms with Crippen molar-refractivity contribution in [1.82, 2.24) is 15.2 Å². The molecule has 6 nitrogen and oxygen atoms in total. The first kappa shape index (κ1) is 22.3. The number of hydrazine groups is 1. The normalized spacial score (nSPS) is 24.7. The quantitative estimate of drug-likeness (QED) is 0.653. The lowest BCUT2D eigenvalue weighted by Crippen LogP contribution is -2.39. The van der Waals surface area contributed by atoms with Crippen molar-refractivity contribution in [2.75, 3.05) is 19.7 Å². The number of benzene rings is 2. The van der Waals surface area contributed by atoms with Gasteiger partial charge in [-0.3, -0.25) is 10.9 Å². The highest BCUT2D eigenvalue weighted by molar-refractivity contribution is 7.89. The van der Waals surface area contributed by atoms with Crippen LogP contribution in [-0.2, 0) is 10.0 Å². The molecule has 2 aliphatic rings. The highest BCUT2D eigenvalue weighted by Gasteiger charge is 2.38. The summed E-state index contributed by atoms with van der Waals surface area (Å²) in [5, 5.41) is 0. The van der Waals surface area contributed by atoms with Crippen molar-refractivity contribution in [1.29, 1.82) is 0 Å². The molecule has 0 aromatic heterocycles. The molecule has 3 unspecified atom stereocenters. The van der Waals surface area contributed by atoms with Crippen molar-refractivity contribution in [2.45, 2.75) is 56.0 Å². The Balaban J connectivity index is 1.23. The van der Waals surface area contributed by atoms with Crippen molar-refractivity contribution >= 4 is 10.0 Å². The van der Waals surface area contributed by atoms with Crippen molar-refractivity contribution in [3.05, 3.63) is 60.2 Å². The molecule has 0 aliphatic carbocycles. The van der Waals surface area contributed by atoms with E-state index in [1.165, 1.54) is 5.56 Å². The van der Waals surface area contributed by atoms with Gasteiger partial charge in [0.25, 0.3) is 0 Å². The Morgan fingerprint density at radius 1 is 1.06 bits per heavy atom. The third-order valence-corrected chi connectivity index (χ3v) is 8.31. The van der Waals surface area contributed by atoms with Gasteiger partial charge in [-0.25, -0.2) is 8.42 Å². The third kappa shape index (κ3) is 5.29. The van der Waals surface area contributed by atoms with E-state index in [0.29, 0.717) is 42.5 Å².